The van der Waals surface area contributed by atoms with Crippen molar-refractivity contribution in [3.05, 3.63) is 59.7 Å². The topological polar surface area (TPSA) is 61.3 Å². The molecular formula is C21H26N4O. The number of anilines is 1. The molecule has 3 rings (SSSR count). The van der Waals surface area contributed by atoms with E-state index < -0.39 is 0 Å². The van der Waals surface area contributed by atoms with Crippen LogP contribution in [0, 0.1) is 6.92 Å². The maximum Gasteiger partial charge on any atom is 0.157 e. The second-order valence-electron chi connectivity index (χ2n) is 6.67. The summed E-state index contributed by atoms with van der Waals surface area (Å²) in [4.78, 5) is 12.0. The van der Waals surface area contributed by atoms with Crippen LogP contribution in [0.4, 0.5) is 5.82 Å². The lowest BCUT2D eigenvalue weighted by atomic mass is 10.1. The minimum absolute atomic E-state index is 0.283. The molecule has 2 heterocycles. The standard InChI is InChI=1S/C21H26N4O/c1-15-8-9-18-19(14-15)23-20(16(2)6-4-5-7-17(3)26)24-21(18)25-12-10-22-11-13-25/h4-9,14,22,26H,10-13H2,1-3H3/b5-4-,16-6+,17-7+. The van der Waals surface area contributed by atoms with Crippen molar-refractivity contribution in [1.29, 1.82) is 0 Å². The van der Waals surface area contributed by atoms with Crippen LogP contribution in [0.1, 0.15) is 25.2 Å². The first-order valence-electron chi connectivity index (χ1n) is 9.00. The van der Waals surface area contributed by atoms with E-state index in [-0.39, 0.29) is 5.76 Å². The van der Waals surface area contributed by atoms with Crippen LogP contribution in [0.2, 0.25) is 0 Å². The van der Waals surface area contributed by atoms with Crippen LogP contribution in [0.3, 0.4) is 0 Å². The number of piperazine rings is 1. The van der Waals surface area contributed by atoms with Crippen LogP contribution >= 0.6 is 0 Å². The van der Waals surface area contributed by atoms with E-state index in [1.54, 1.807) is 19.1 Å². The first kappa shape index (κ1) is 18.1. The normalized spacial score (nSPS) is 16.7. The van der Waals surface area contributed by atoms with E-state index in [0.29, 0.717) is 0 Å². The van der Waals surface area contributed by atoms with E-state index in [1.807, 2.05) is 19.1 Å². The highest BCUT2D eigenvalue weighted by molar-refractivity contribution is 5.91. The third-order valence-electron chi connectivity index (χ3n) is 4.40. The van der Waals surface area contributed by atoms with Gasteiger partial charge in [-0.3, -0.25) is 0 Å². The number of rotatable bonds is 4. The third kappa shape index (κ3) is 4.29. The van der Waals surface area contributed by atoms with Crippen molar-refractivity contribution in [1.82, 2.24) is 15.3 Å². The Labute approximate surface area is 154 Å². The van der Waals surface area contributed by atoms with Gasteiger partial charge in [0.25, 0.3) is 0 Å². The monoisotopic (exact) mass is 350 g/mol. The van der Waals surface area contributed by atoms with Gasteiger partial charge in [-0.25, -0.2) is 9.97 Å². The van der Waals surface area contributed by atoms with E-state index in [2.05, 4.69) is 35.3 Å². The van der Waals surface area contributed by atoms with Crippen LogP contribution in [0.15, 0.2) is 48.3 Å². The van der Waals surface area contributed by atoms with Crippen LogP contribution < -0.4 is 10.2 Å². The van der Waals surface area contributed by atoms with Gasteiger partial charge in [-0.15, -0.1) is 0 Å². The summed E-state index contributed by atoms with van der Waals surface area (Å²) in [7, 11) is 0. The molecule has 136 valence electrons. The maximum atomic E-state index is 9.21. The summed E-state index contributed by atoms with van der Waals surface area (Å²) in [5.41, 5.74) is 3.16. The molecule has 0 spiro atoms. The molecule has 1 aromatic heterocycles. The van der Waals surface area contributed by atoms with Crippen LogP contribution in [0.25, 0.3) is 16.5 Å². The van der Waals surface area contributed by atoms with Crippen molar-refractivity contribution in [2.24, 2.45) is 0 Å². The van der Waals surface area contributed by atoms with Crippen molar-refractivity contribution in [2.45, 2.75) is 20.8 Å². The maximum absolute atomic E-state index is 9.21. The van der Waals surface area contributed by atoms with Gasteiger partial charge in [0.05, 0.1) is 11.3 Å². The molecule has 2 N–H and O–H groups in total. The summed E-state index contributed by atoms with van der Waals surface area (Å²) in [6.45, 7) is 9.58. The highest BCUT2D eigenvalue weighted by atomic mass is 16.3. The van der Waals surface area contributed by atoms with Crippen molar-refractivity contribution in [3.8, 4) is 0 Å². The number of allylic oxidation sites excluding steroid dienone is 6. The molecule has 0 atom stereocenters. The Balaban J connectivity index is 2.03. The van der Waals surface area contributed by atoms with Crippen LogP contribution in [-0.2, 0) is 0 Å². The molecule has 1 aromatic carbocycles. The van der Waals surface area contributed by atoms with E-state index in [9.17, 15) is 5.11 Å². The molecule has 1 fully saturated rings. The molecule has 1 saturated heterocycles. The fourth-order valence-electron chi connectivity index (χ4n) is 2.99. The molecule has 1 aliphatic rings. The highest BCUT2D eigenvalue weighted by Gasteiger charge is 2.17. The number of aliphatic hydroxyl groups is 1. The van der Waals surface area contributed by atoms with Gasteiger partial charge in [-0.2, -0.15) is 0 Å². The van der Waals surface area contributed by atoms with Gasteiger partial charge < -0.3 is 15.3 Å². The molecule has 0 amide bonds. The van der Waals surface area contributed by atoms with Gasteiger partial charge in [0.2, 0.25) is 0 Å². The molecule has 0 aliphatic carbocycles. The van der Waals surface area contributed by atoms with E-state index in [4.69, 9.17) is 9.97 Å². The summed E-state index contributed by atoms with van der Waals surface area (Å²) < 4.78 is 0. The average molecular weight is 350 g/mol. The molecule has 2 aromatic rings. The Hall–Kier alpha value is -2.66. The number of hydrogen-bond acceptors (Lipinski definition) is 5. The second kappa shape index (κ2) is 8.15. The summed E-state index contributed by atoms with van der Waals surface area (Å²) in [5, 5.41) is 13.7. The van der Waals surface area contributed by atoms with E-state index >= 15 is 0 Å². The number of hydrogen-bond donors (Lipinski definition) is 2. The van der Waals surface area contributed by atoms with Gasteiger partial charge in [0, 0.05) is 31.6 Å². The Morgan fingerprint density at radius 3 is 2.58 bits per heavy atom. The summed E-state index contributed by atoms with van der Waals surface area (Å²) in [6, 6.07) is 6.36. The summed E-state index contributed by atoms with van der Waals surface area (Å²) in [6.07, 6.45) is 7.32. The molecule has 0 bridgehead atoms. The quantitative estimate of drug-likeness (QED) is 0.649. The predicted octanol–water partition coefficient (Wildman–Crippen LogP) is 3.77. The van der Waals surface area contributed by atoms with Gasteiger partial charge in [-0.05, 0) is 50.1 Å². The van der Waals surface area contributed by atoms with E-state index in [0.717, 1.165) is 54.3 Å². The number of nitrogens with one attached hydrogen (secondary N) is 1. The van der Waals surface area contributed by atoms with Crippen LogP contribution in [0.5, 0.6) is 0 Å². The van der Waals surface area contributed by atoms with Crippen molar-refractivity contribution < 1.29 is 5.11 Å². The Morgan fingerprint density at radius 2 is 1.85 bits per heavy atom. The fraction of sp³-hybridized carbons (Fsp3) is 0.333. The Bertz CT molecular complexity index is 873. The average Bonchev–Trinajstić information content (AvgIpc) is 2.64. The molecule has 0 unspecified atom stereocenters. The molecule has 1 aliphatic heterocycles. The van der Waals surface area contributed by atoms with Gasteiger partial charge in [0.1, 0.15) is 5.82 Å². The minimum atomic E-state index is 0.283. The van der Waals surface area contributed by atoms with Crippen LogP contribution in [-0.4, -0.2) is 41.3 Å². The molecule has 26 heavy (non-hydrogen) atoms. The predicted molar refractivity (Wildman–Crippen MR) is 109 cm³/mol. The molecule has 5 heteroatoms. The highest BCUT2D eigenvalue weighted by Crippen LogP contribution is 2.27. The van der Waals surface area contributed by atoms with Crippen molar-refractivity contribution >= 4 is 22.3 Å². The Morgan fingerprint density at radius 1 is 1.12 bits per heavy atom. The van der Waals surface area contributed by atoms with Crippen molar-refractivity contribution in [3.63, 3.8) is 0 Å². The molecule has 0 saturated carbocycles. The molecular weight excluding hydrogens is 324 g/mol. The first-order valence-corrected chi connectivity index (χ1v) is 9.00. The minimum Gasteiger partial charge on any atom is -0.513 e. The van der Waals surface area contributed by atoms with Gasteiger partial charge in [0.15, 0.2) is 5.82 Å². The summed E-state index contributed by atoms with van der Waals surface area (Å²) in [5.74, 6) is 2.03. The number of aromatic nitrogens is 2. The first-order chi connectivity index (χ1) is 12.5. The number of fused-ring (bicyclic) bond motifs is 1. The number of aryl methyl sites for hydroxylation is 1. The smallest absolute Gasteiger partial charge is 0.157 e. The van der Waals surface area contributed by atoms with Crippen molar-refractivity contribution in [2.75, 3.05) is 31.1 Å². The number of aliphatic hydroxyl groups excluding tert-OH is 1. The zero-order valence-corrected chi connectivity index (χ0v) is 15.7. The second-order valence-corrected chi connectivity index (χ2v) is 6.67. The number of nitrogens with zero attached hydrogens (tertiary/aromatic N) is 3. The SMILES string of the molecule is C\C(O)=C/C=C\C=C(/C)c1nc(N2CCNCC2)c2ccc(C)cc2n1. The number of benzene rings is 1. The lowest BCUT2D eigenvalue weighted by Crippen LogP contribution is -2.44. The third-order valence-corrected chi connectivity index (χ3v) is 4.40. The fourth-order valence-corrected chi connectivity index (χ4v) is 2.99. The lowest BCUT2D eigenvalue weighted by molar-refractivity contribution is 0.414. The largest absolute Gasteiger partial charge is 0.513 e. The zero-order chi connectivity index (χ0) is 18.5. The molecule has 0 radical (unpaired) electrons. The van der Waals surface area contributed by atoms with Gasteiger partial charge >= 0.3 is 0 Å². The zero-order valence-electron chi connectivity index (χ0n) is 15.7. The molecule has 5 nitrogen and oxygen atoms in total. The van der Waals surface area contributed by atoms with E-state index in [1.165, 1.54) is 5.56 Å². The lowest BCUT2D eigenvalue weighted by Gasteiger charge is -2.29. The Kier molecular flexibility index (Phi) is 5.68. The summed E-state index contributed by atoms with van der Waals surface area (Å²) >= 11 is 0. The van der Waals surface area contributed by atoms with Gasteiger partial charge in [-0.1, -0.05) is 24.3 Å².